The number of ether oxygens (including phenoxy) is 1. The van der Waals surface area contributed by atoms with Crippen molar-refractivity contribution in [1.29, 1.82) is 0 Å². The molecule has 0 aliphatic heterocycles. The molecule has 0 spiro atoms. The van der Waals surface area contributed by atoms with Gasteiger partial charge in [-0.05, 0) is 36.2 Å². The molecule has 3 aromatic rings. The minimum Gasteiger partial charge on any atom is -0.494 e. The third-order valence-electron chi connectivity index (χ3n) is 4.00. The quantitative estimate of drug-likeness (QED) is 0.703. The van der Waals surface area contributed by atoms with Crippen LogP contribution in [0.5, 0.6) is 5.75 Å². The van der Waals surface area contributed by atoms with Gasteiger partial charge < -0.3 is 10.1 Å². The lowest BCUT2D eigenvalue weighted by Gasteiger charge is -2.07. The number of nitrogens with one attached hydrogen (secondary N) is 1. The summed E-state index contributed by atoms with van der Waals surface area (Å²) in [5.41, 5.74) is 3.92. The zero-order valence-electron chi connectivity index (χ0n) is 14.8. The first kappa shape index (κ1) is 17.7. The monoisotopic (exact) mass is 346 g/mol. The Bertz CT molecular complexity index is 828. The van der Waals surface area contributed by atoms with Crippen LogP contribution in [0.4, 0.5) is 0 Å². The second-order valence-electron chi connectivity index (χ2n) is 5.93. The molecule has 1 amide bonds. The van der Waals surface area contributed by atoms with Gasteiger partial charge in [0, 0.05) is 24.0 Å². The molecule has 0 aliphatic carbocycles. The van der Waals surface area contributed by atoms with E-state index in [1.54, 1.807) is 6.20 Å². The van der Waals surface area contributed by atoms with E-state index >= 15 is 0 Å². The Labute approximate surface area is 153 Å². The van der Waals surface area contributed by atoms with Crippen LogP contribution in [0.1, 0.15) is 18.2 Å². The Morgan fingerprint density at radius 1 is 0.962 bits per heavy atom. The minimum atomic E-state index is -0.0322. The zero-order valence-corrected chi connectivity index (χ0v) is 14.8. The van der Waals surface area contributed by atoms with Gasteiger partial charge >= 0.3 is 0 Å². The fourth-order valence-corrected chi connectivity index (χ4v) is 2.63. The maximum atomic E-state index is 12.1. The summed E-state index contributed by atoms with van der Waals surface area (Å²) in [7, 11) is 0. The second-order valence-corrected chi connectivity index (χ2v) is 5.93. The summed E-state index contributed by atoms with van der Waals surface area (Å²) >= 11 is 0. The van der Waals surface area contributed by atoms with Gasteiger partial charge in [-0.1, -0.05) is 48.5 Å². The van der Waals surface area contributed by atoms with Gasteiger partial charge in [0.1, 0.15) is 5.75 Å². The Kier molecular flexibility index (Phi) is 5.99. The van der Waals surface area contributed by atoms with Crippen LogP contribution in [0, 0.1) is 0 Å². The third-order valence-corrected chi connectivity index (χ3v) is 4.00. The molecule has 132 valence electrons. The van der Waals surface area contributed by atoms with Gasteiger partial charge in [-0.2, -0.15) is 0 Å². The topological polar surface area (TPSA) is 51.2 Å². The van der Waals surface area contributed by atoms with Crippen LogP contribution in [0.15, 0.2) is 72.9 Å². The van der Waals surface area contributed by atoms with E-state index in [1.807, 2.05) is 73.7 Å². The van der Waals surface area contributed by atoms with Gasteiger partial charge in [-0.3, -0.25) is 9.78 Å². The predicted octanol–water partition coefficient (Wildman–Crippen LogP) is 4.01. The van der Waals surface area contributed by atoms with Gasteiger partial charge in [0.05, 0.1) is 13.0 Å². The van der Waals surface area contributed by atoms with Crippen LogP contribution in [0.25, 0.3) is 11.1 Å². The summed E-state index contributed by atoms with van der Waals surface area (Å²) in [6, 6.07) is 21.7. The van der Waals surface area contributed by atoms with Crippen LogP contribution in [0.2, 0.25) is 0 Å². The van der Waals surface area contributed by atoms with Crippen molar-refractivity contribution in [2.75, 3.05) is 6.61 Å². The lowest BCUT2D eigenvalue weighted by Crippen LogP contribution is -2.24. The number of hydrogen-bond acceptors (Lipinski definition) is 3. The molecule has 0 unspecified atom stereocenters. The highest BCUT2D eigenvalue weighted by molar-refractivity contribution is 5.78. The summed E-state index contributed by atoms with van der Waals surface area (Å²) in [5, 5.41) is 2.92. The van der Waals surface area contributed by atoms with E-state index in [1.165, 1.54) is 0 Å². The lowest BCUT2D eigenvalue weighted by atomic mass is 10.1. The SMILES string of the molecule is CCOc1ccc(-c2ccc(CC(=O)NCc3ccccc3)nc2)cc1. The number of carbonyl (C=O) groups excluding carboxylic acids is 1. The normalized spacial score (nSPS) is 10.3. The molecule has 0 aliphatic rings. The highest BCUT2D eigenvalue weighted by Crippen LogP contribution is 2.22. The zero-order chi connectivity index (χ0) is 18.2. The predicted molar refractivity (Wildman–Crippen MR) is 103 cm³/mol. The molecule has 4 heteroatoms. The number of carbonyl (C=O) groups is 1. The molecule has 0 radical (unpaired) electrons. The summed E-state index contributed by atoms with van der Waals surface area (Å²) in [6.45, 7) is 3.15. The maximum absolute atomic E-state index is 12.1. The Morgan fingerprint density at radius 2 is 1.69 bits per heavy atom. The van der Waals surface area contributed by atoms with Gasteiger partial charge in [0.15, 0.2) is 0 Å². The van der Waals surface area contributed by atoms with Gasteiger partial charge in [-0.25, -0.2) is 0 Å². The number of benzene rings is 2. The van der Waals surface area contributed by atoms with Crippen LogP contribution < -0.4 is 10.1 Å². The standard InChI is InChI=1S/C22H22N2O2/c1-2-26-21-12-9-18(10-13-21)19-8-11-20(23-16-19)14-22(25)24-15-17-6-4-3-5-7-17/h3-13,16H,2,14-15H2,1H3,(H,24,25). The number of hydrogen-bond donors (Lipinski definition) is 1. The molecular weight excluding hydrogens is 324 g/mol. The summed E-state index contributed by atoms with van der Waals surface area (Å²) in [4.78, 5) is 16.5. The van der Waals surface area contributed by atoms with Crippen LogP contribution >= 0.6 is 0 Å². The van der Waals surface area contributed by atoms with Crippen molar-refractivity contribution in [2.24, 2.45) is 0 Å². The van der Waals surface area contributed by atoms with E-state index in [9.17, 15) is 4.79 Å². The van der Waals surface area contributed by atoms with E-state index in [-0.39, 0.29) is 12.3 Å². The summed E-state index contributed by atoms with van der Waals surface area (Å²) in [6.07, 6.45) is 2.08. The fourth-order valence-electron chi connectivity index (χ4n) is 2.63. The van der Waals surface area contributed by atoms with E-state index < -0.39 is 0 Å². The van der Waals surface area contributed by atoms with Crippen molar-refractivity contribution in [1.82, 2.24) is 10.3 Å². The minimum absolute atomic E-state index is 0.0322. The van der Waals surface area contributed by atoms with E-state index in [2.05, 4.69) is 10.3 Å². The lowest BCUT2D eigenvalue weighted by molar-refractivity contribution is -0.120. The molecule has 0 saturated heterocycles. The maximum Gasteiger partial charge on any atom is 0.226 e. The van der Waals surface area contributed by atoms with E-state index in [0.717, 1.165) is 28.1 Å². The van der Waals surface area contributed by atoms with Crippen molar-refractivity contribution >= 4 is 5.91 Å². The fraction of sp³-hybridized carbons (Fsp3) is 0.182. The molecule has 1 heterocycles. The van der Waals surface area contributed by atoms with Gasteiger partial charge in [0.25, 0.3) is 0 Å². The smallest absolute Gasteiger partial charge is 0.226 e. The number of nitrogens with zero attached hydrogens (tertiary/aromatic N) is 1. The van der Waals surface area contributed by atoms with Gasteiger partial charge in [0.2, 0.25) is 5.91 Å². The molecule has 0 fully saturated rings. The number of amides is 1. The first-order valence-corrected chi connectivity index (χ1v) is 8.73. The summed E-state index contributed by atoms with van der Waals surface area (Å²) in [5.74, 6) is 0.825. The molecule has 1 aromatic heterocycles. The molecular formula is C22H22N2O2. The van der Waals surface area contributed by atoms with E-state index in [0.29, 0.717) is 13.2 Å². The van der Waals surface area contributed by atoms with Crippen molar-refractivity contribution in [3.8, 4) is 16.9 Å². The average molecular weight is 346 g/mol. The van der Waals surface area contributed by atoms with Crippen LogP contribution in [-0.2, 0) is 17.8 Å². The van der Waals surface area contributed by atoms with Crippen molar-refractivity contribution < 1.29 is 9.53 Å². The first-order chi connectivity index (χ1) is 12.7. The third kappa shape index (κ3) is 4.93. The molecule has 3 rings (SSSR count). The molecule has 2 aromatic carbocycles. The molecule has 1 N–H and O–H groups in total. The van der Waals surface area contributed by atoms with Crippen molar-refractivity contribution in [3.63, 3.8) is 0 Å². The molecule has 4 nitrogen and oxygen atoms in total. The highest BCUT2D eigenvalue weighted by Gasteiger charge is 2.06. The van der Waals surface area contributed by atoms with Crippen LogP contribution in [-0.4, -0.2) is 17.5 Å². The Hall–Kier alpha value is -3.14. The molecule has 0 bridgehead atoms. The van der Waals surface area contributed by atoms with Gasteiger partial charge in [-0.15, -0.1) is 0 Å². The van der Waals surface area contributed by atoms with Crippen molar-refractivity contribution in [3.05, 3.63) is 84.2 Å². The second kappa shape index (κ2) is 8.81. The van der Waals surface area contributed by atoms with Crippen LogP contribution in [0.3, 0.4) is 0 Å². The first-order valence-electron chi connectivity index (χ1n) is 8.73. The largest absolute Gasteiger partial charge is 0.494 e. The Morgan fingerprint density at radius 3 is 2.35 bits per heavy atom. The Balaban J connectivity index is 1.56. The average Bonchev–Trinajstić information content (AvgIpc) is 2.69. The number of pyridine rings is 1. The number of rotatable bonds is 7. The molecule has 0 saturated carbocycles. The highest BCUT2D eigenvalue weighted by atomic mass is 16.5. The number of aromatic nitrogens is 1. The van der Waals surface area contributed by atoms with E-state index in [4.69, 9.17) is 4.74 Å². The molecule has 26 heavy (non-hydrogen) atoms. The van der Waals surface area contributed by atoms with Crippen molar-refractivity contribution in [2.45, 2.75) is 19.9 Å². The molecule has 0 atom stereocenters. The summed E-state index contributed by atoms with van der Waals surface area (Å²) < 4.78 is 5.45.